The van der Waals surface area contributed by atoms with Crippen LogP contribution in [0.15, 0.2) is 36.4 Å². The van der Waals surface area contributed by atoms with Crippen LogP contribution in [0.25, 0.3) is 0 Å². The molecule has 0 saturated heterocycles. The summed E-state index contributed by atoms with van der Waals surface area (Å²) in [7, 11) is 1.98. The van der Waals surface area contributed by atoms with Gasteiger partial charge in [-0.1, -0.05) is 53.5 Å². The number of nitrogens with zero attached hydrogens (tertiary/aromatic N) is 1. The van der Waals surface area contributed by atoms with E-state index in [0.29, 0.717) is 22.3 Å². The highest BCUT2D eigenvalue weighted by Crippen LogP contribution is 2.35. The number of carbonyl (C=O) groups excluding carboxylic acids is 1. The summed E-state index contributed by atoms with van der Waals surface area (Å²) >= 11 is 12.4. The molecule has 24 heavy (non-hydrogen) atoms. The first-order chi connectivity index (χ1) is 11.5. The lowest BCUT2D eigenvalue weighted by molar-refractivity contribution is -0.117. The molecule has 0 radical (unpaired) electrons. The number of rotatable bonds is 4. The molecule has 3 rings (SSSR count). The second-order valence-electron chi connectivity index (χ2n) is 6.27. The molecule has 126 valence electrons. The first kappa shape index (κ1) is 17.3. The third-order valence-electron chi connectivity index (χ3n) is 4.57. The smallest absolute Gasteiger partial charge is 0.238 e. The van der Waals surface area contributed by atoms with Gasteiger partial charge in [-0.25, -0.2) is 0 Å². The number of nitrogens with one attached hydrogen (secondary N) is 1. The van der Waals surface area contributed by atoms with Crippen LogP contribution in [0, 0.1) is 6.92 Å². The van der Waals surface area contributed by atoms with E-state index in [9.17, 15) is 4.79 Å². The van der Waals surface area contributed by atoms with Crippen LogP contribution in [0.3, 0.4) is 0 Å². The van der Waals surface area contributed by atoms with Crippen LogP contribution in [0.1, 0.15) is 29.2 Å². The Labute approximate surface area is 152 Å². The highest BCUT2D eigenvalue weighted by atomic mass is 35.5. The summed E-state index contributed by atoms with van der Waals surface area (Å²) in [6.45, 7) is 2.18. The van der Waals surface area contributed by atoms with Gasteiger partial charge in [0.1, 0.15) is 0 Å². The average molecular weight is 363 g/mol. The lowest BCUT2D eigenvalue weighted by Crippen LogP contribution is -2.32. The molecule has 1 atom stereocenters. The van der Waals surface area contributed by atoms with Crippen LogP contribution in [0.4, 0.5) is 5.69 Å². The molecule has 0 spiro atoms. The summed E-state index contributed by atoms with van der Waals surface area (Å²) in [5.74, 6) is -0.115. The summed E-state index contributed by atoms with van der Waals surface area (Å²) < 4.78 is 0. The van der Waals surface area contributed by atoms with Crippen molar-refractivity contribution < 1.29 is 4.79 Å². The SMILES string of the molecule is Cc1ccc(Cl)c(NC(=O)CN(C)C2CCc3ccccc32)c1Cl. The van der Waals surface area contributed by atoms with Gasteiger partial charge in [-0.3, -0.25) is 9.69 Å². The average Bonchev–Trinajstić information content (AvgIpc) is 2.99. The molecule has 1 aliphatic rings. The Morgan fingerprint density at radius 2 is 2.00 bits per heavy atom. The van der Waals surface area contributed by atoms with Gasteiger partial charge in [0, 0.05) is 6.04 Å². The number of fused-ring (bicyclic) bond motifs is 1. The second kappa shape index (κ2) is 7.14. The van der Waals surface area contributed by atoms with E-state index in [4.69, 9.17) is 23.2 Å². The van der Waals surface area contributed by atoms with E-state index in [1.165, 1.54) is 11.1 Å². The van der Waals surface area contributed by atoms with Gasteiger partial charge in [0.2, 0.25) is 5.91 Å². The number of hydrogen-bond donors (Lipinski definition) is 1. The molecule has 0 bridgehead atoms. The monoisotopic (exact) mass is 362 g/mol. The Morgan fingerprint density at radius 1 is 1.25 bits per heavy atom. The molecule has 1 N–H and O–H groups in total. The van der Waals surface area contributed by atoms with E-state index in [0.717, 1.165) is 18.4 Å². The predicted molar refractivity (Wildman–Crippen MR) is 100.0 cm³/mol. The van der Waals surface area contributed by atoms with Crippen LogP contribution >= 0.6 is 23.2 Å². The summed E-state index contributed by atoms with van der Waals surface area (Å²) in [6.07, 6.45) is 2.09. The van der Waals surface area contributed by atoms with Crippen molar-refractivity contribution in [2.75, 3.05) is 18.9 Å². The molecule has 0 fully saturated rings. The Bertz CT molecular complexity index is 776. The molecule has 5 heteroatoms. The Balaban J connectivity index is 1.69. The molecule has 1 amide bonds. The van der Waals surface area contributed by atoms with E-state index in [1.807, 2.05) is 20.0 Å². The number of benzene rings is 2. The molecule has 0 aromatic heterocycles. The Morgan fingerprint density at radius 3 is 2.79 bits per heavy atom. The van der Waals surface area contributed by atoms with E-state index in [2.05, 4.69) is 34.5 Å². The molecule has 2 aromatic rings. The number of carbonyl (C=O) groups is 1. The third kappa shape index (κ3) is 3.44. The van der Waals surface area contributed by atoms with Crippen molar-refractivity contribution in [1.82, 2.24) is 4.90 Å². The maximum atomic E-state index is 12.4. The fourth-order valence-electron chi connectivity index (χ4n) is 3.28. The normalized spacial score (nSPS) is 16.3. The number of halogens is 2. The van der Waals surface area contributed by atoms with Crippen LogP contribution in [0.5, 0.6) is 0 Å². The minimum absolute atomic E-state index is 0.115. The quantitative estimate of drug-likeness (QED) is 0.841. The van der Waals surface area contributed by atoms with Crippen LogP contribution in [-0.4, -0.2) is 24.4 Å². The maximum Gasteiger partial charge on any atom is 0.238 e. The largest absolute Gasteiger partial charge is 0.322 e. The summed E-state index contributed by atoms with van der Waals surface area (Å²) in [4.78, 5) is 14.5. The van der Waals surface area contributed by atoms with Gasteiger partial charge in [0.15, 0.2) is 0 Å². The van der Waals surface area contributed by atoms with Crippen molar-refractivity contribution in [1.29, 1.82) is 0 Å². The number of aryl methyl sites for hydroxylation is 2. The van der Waals surface area contributed by atoms with Crippen LogP contribution < -0.4 is 5.32 Å². The van der Waals surface area contributed by atoms with Crippen LogP contribution in [0.2, 0.25) is 10.0 Å². The van der Waals surface area contributed by atoms with Gasteiger partial charge in [0.05, 0.1) is 22.3 Å². The standard InChI is InChI=1S/C19H20Cl2N2O/c1-12-7-9-15(20)19(18(12)21)22-17(24)11-23(2)16-10-8-13-5-3-4-6-14(13)16/h3-7,9,16H,8,10-11H2,1-2H3,(H,22,24). The van der Waals surface area contributed by atoms with Gasteiger partial charge in [-0.15, -0.1) is 0 Å². The lowest BCUT2D eigenvalue weighted by atomic mass is 10.1. The topological polar surface area (TPSA) is 32.3 Å². The second-order valence-corrected chi connectivity index (χ2v) is 7.06. The molecule has 3 nitrogen and oxygen atoms in total. The highest BCUT2D eigenvalue weighted by Gasteiger charge is 2.26. The van der Waals surface area contributed by atoms with Crippen molar-refractivity contribution in [3.8, 4) is 0 Å². The molecule has 0 aliphatic heterocycles. The third-order valence-corrected chi connectivity index (χ3v) is 5.38. The predicted octanol–water partition coefficient (Wildman–Crippen LogP) is 4.86. The van der Waals surface area contributed by atoms with Gasteiger partial charge in [0.25, 0.3) is 0 Å². The number of hydrogen-bond acceptors (Lipinski definition) is 2. The fourth-order valence-corrected chi connectivity index (χ4v) is 3.74. The van der Waals surface area contributed by atoms with Crippen molar-refractivity contribution >= 4 is 34.8 Å². The molecule has 2 aromatic carbocycles. The zero-order chi connectivity index (χ0) is 17.3. The molecule has 1 unspecified atom stereocenters. The highest BCUT2D eigenvalue weighted by molar-refractivity contribution is 6.40. The molecule has 0 heterocycles. The van der Waals surface area contributed by atoms with Gasteiger partial charge >= 0.3 is 0 Å². The van der Waals surface area contributed by atoms with Gasteiger partial charge in [-0.2, -0.15) is 0 Å². The van der Waals surface area contributed by atoms with E-state index >= 15 is 0 Å². The fraction of sp³-hybridized carbons (Fsp3) is 0.316. The minimum Gasteiger partial charge on any atom is -0.322 e. The zero-order valence-electron chi connectivity index (χ0n) is 13.8. The van der Waals surface area contributed by atoms with Crippen molar-refractivity contribution in [3.63, 3.8) is 0 Å². The van der Waals surface area contributed by atoms with E-state index in [1.54, 1.807) is 6.07 Å². The molecule has 1 aliphatic carbocycles. The first-order valence-corrected chi connectivity index (χ1v) is 8.75. The number of likely N-dealkylation sites (N-methyl/N-ethyl adjacent to an activating group) is 1. The molecular weight excluding hydrogens is 343 g/mol. The molecular formula is C19H20Cl2N2O. The number of amides is 1. The van der Waals surface area contributed by atoms with Crippen molar-refractivity contribution in [3.05, 3.63) is 63.1 Å². The Kier molecular flexibility index (Phi) is 5.14. The van der Waals surface area contributed by atoms with Crippen LogP contribution in [-0.2, 0) is 11.2 Å². The summed E-state index contributed by atoms with van der Waals surface area (Å²) in [6, 6.07) is 12.3. The van der Waals surface area contributed by atoms with Gasteiger partial charge in [-0.05, 0) is 49.6 Å². The van der Waals surface area contributed by atoms with E-state index in [-0.39, 0.29) is 11.9 Å². The minimum atomic E-state index is -0.115. The molecule has 0 saturated carbocycles. The summed E-state index contributed by atoms with van der Waals surface area (Å²) in [5, 5.41) is 3.80. The zero-order valence-corrected chi connectivity index (χ0v) is 15.3. The number of anilines is 1. The maximum absolute atomic E-state index is 12.4. The van der Waals surface area contributed by atoms with Crippen molar-refractivity contribution in [2.24, 2.45) is 0 Å². The van der Waals surface area contributed by atoms with Gasteiger partial charge < -0.3 is 5.32 Å². The lowest BCUT2D eigenvalue weighted by Gasteiger charge is -2.25. The summed E-state index contributed by atoms with van der Waals surface area (Å²) in [5.41, 5.74) is 4.07. The van der Waals surface area contributed by atoms with Crippen molar-refractivity contribution in [2.45, 2.75) is 25.8 Å². The first-order valence-electron chi connectivity index (χ1n) is 8.00. The van der Waals surface area contributed by atoms with E-state index < -0.39 is 0 Å². The Hall–Kier alpha value is -1.55.